The molecule has 8 aromatic rings. The zero-order valence-electron chi connectivity index (χ0n) is 49.3. The SMILES string of the molecule is CC1(S(=O)(=O)Nc2cc(C(=O)Nc3ccc(F)c(Cl)c3)ccn2)CC1.CCS(=O)(=O)Nc1cc(C(=O)Nc2ccc(F)c(Cl)c2)ccn1.O=C(Nc1ccc(F)c(Cl)c1)c1ccnc(NCC2CC2)c1.O=C(Nc1ccc(F)c(F)c1)c1ccnc(NS(=O)(=O)C2CC2)c1. The van der Waals surface area contributed by atoms with Crippen molar-refractivity contribution >= 4 is 135 Å². The van der Waals surface area contributed by atoms with Gasteiger partial charge in [0.05, 0.1) is 30.8 Å². The first kappa shape index (κ1) is 70.8. The summed E-state index contributed by atoms with van der Waals surface area (Å²) < 4.78 is 143. The monoisotopic (exact) mass is 1410 g/mol. The van der Waals surface area contributed by atoms with Crippen LogP contribution in [0.1, 0.15) is 93.8 Å². The average molecular weight is 1410 g/mol. The number of anilines is 8. The molecule has 0 unspecified atom stereocenters. The molecule has 3 aliphatic rings. The Morgan fingerprint density at radius 1 is 0.457 bits per heavy atom. The van der Waals surface area contributed by atoms with Gasteiger partial charge in [-0.05, 0) is 174 Å². The standard InChI is InChI=1S/C16H15ClFN3O3S.C16H15ClFN3O.C15H13F2N3O3S.C14H13ClFN3O3S/c1-16(5-6-16)25(23,24)21-14-8-10(4-7-19-14)15(22)20-11-2-3-13(18)12(17)9-11;17-13-8-12(3-4-14(13)18)21-16(22)11-5-6-19-15(7-11)20-9-10-1-2-10;16-12-4-1-10(8-13(12)17)19-15(21)9-5-6-18-14(7-9)20-24(22,23)11-2-3-11;1-2-23(21,22)19-13-7-9(5-6-17-13)14(20)18-10-3-4-12(16)11(15)8-10/h2-4,7-9H,5-6H2,1H3,(H,19,21)(H,20,22);3-8,10H,1-2,9H2,(H,19,20)(H,21,22);1,4-8,11H,2-3H2,(H,18,20)(H,19,21);3-8H,2H2,1H3,(H,17,19)(H,18,20). The minimum Gasteiger partial charge on any atom is -0.370 e. The first-order valence-electron chi connectivity index (χ1n) is 28.2. The number of aromatic nitrogens is 4. The van der Waals surface area contributed by atoms with Crippen LogP contribution in [0, 0.1) is 35.0 Å². The number of nitrogens with zero attached hydrogens (tertiary/aromatic N) is 4. The molecule has 3 saturated carbocycles. The molecule has 0 radical (unpaired) electrons. The Bertz CT molecular complexity index is 4520. The molecule has 3 fully saturated rings. The van der Waals surface area contributed by atoms with Crippen molar-refractivity contribution < 1.29 is 66.4 Å². The number of carbonyl (C=O) groups excluding carboxylic acids is 4. The number of nitrogens with one attached hydrogen (secondary N) is 8. The molecule has 33 heteroatoms. The fraction of sp³-hybridized carbons (Fsp3) is 0.213. The van der Waals surface area contributed by atoms with Gasteiger partial charge in [-0.15, -0.1) is 0 Å². The number of hydrogen-bond donors (Lipinski definition) is 8. The average Bonchev–Trinajstić information content (AvgIpc) is 1.61. The lowest BCUT2D eigenvalue weighted by Crippen LogP contribution is -2.27. The van der Waals surface area contributed by atoms with Crippen LogP contribution in [0.3, 0.4) is 0 Å². The van der Waals surface area contributed by atoms with Crippen molar-refractivity contribution in [1.82, 2.24) is 19.9 Å². The van der Waals surface area contributed by atoms with Crippen molar-refractivity contribution in [3.8, 4) is 0 Å². The zero-order chi connectivity index (χ0) is 68.1. The molecule has 4 aromatic heterocycles. The van der Waals surface area contributed by atoms with Crippen molar-refractivity contribution in [1.29, 1.82) is 0 Å². The summed E-state index contributed by atoms with van der Waals surface area (Å²) in [6.45, 7) is 4.02. The Morgan fingerprint density at radius 3 is 1.16 bits per heavy atom. The van der Waals surface area contributed by atoms with Crippen molar-refractivity contribution in [2.45, 2.75) is 62.4 Å². The van der Waals surface area contributed by atoms with Gasteiger partial charge in [0.2, 0.25) is 30.1 Å². The molecule has 0 bridgehead atoms. The van der Waals surface area contributed by atoms with E-state index in [9.17, 15) is 66.4 Å². The maximum absolute atomic E-state index is 13.2. The van der Waals surface area contributed by atoms with Crippen molar-refractivity contribution in [3.05, 3.63) is 213 Å². The molecule has 494 valence electrons. The van der Waals surface area contributed by atoms with Gasteiger partial charge in [0.1, 0.15) is 40.7 Å². The van der Waals surface area contributed by atoms with Crippen LogP contribution in [0.5, 0.6) is 0 Å². The van der Waals surface area contributed by atoms with Crippen LogP contribution < -0.4 is 40.8 Å². The molecule has 4 aromatic carbocycles. The largest absolute Gasteiger partial charge is 0.370 e. The number of halogens is 8. The van der Waals surface area contributed by atoms with Crippen LogP contribution in [-0.2, 0) is 30.1 Å². The minimum absolute atomic E-state index is 0.0276. The summed E-state index contributed by atoms with van der Waals surface area (Å²) >= 11 is 17.0. The second kappa shape index (κ2) is 30.8. The van der Waals surface area contributed by atoms with E-state index in [0.29, 0.717) is 54.1 Å². The second-order valence-corrected chi connectivity index (χ2v) is 28.7. The smallest absolute Gasteiger partial charge is 0.255 e. The van der Waals surface area contributed by atoms with Gasteiger partial charge in [-0.2, -0.15) is 0 Å². The number of benzene rings is 4. The molecule has 4 amide bonds. The molecule has 94 heavy (non-hydrogen) atoms. The van der Waals surface area contributed by atoms with Crippen LogP contribution in [0.4, 0.5) is 68.0 Å². The molecule has 8 N–H and O–H groups in total. The lowest BCUT2D eigenvalue weighted by molar-refractivity contribution is 0.101. The van der Waals surface area contributed by atoms with Gasteiger partial charge in [0.25, 0.3) is 23.6 Å². The van der Waals surface area contributed by atoms with Crippen LogP contribution in [0.25, 0.3) is 0 Å². The molecule has 0 spiro atoms. The summed E-state index contributed by atoms with van der Waals surface area (Å²) in [6, 6.07) is 26.1. The molecular weight excluding hydrogens is 1360 g/mol. The quantitative estimate of drug-likeness (QED) is 0.0329. The van der Waals surface area contributed by atoms with Gasteiger partial charge in [-0.1, -0.05) is 34.8 Å². The van der Waals surface area contributed by atoms with Crippen molar-refractivity contribution in [2.75, 3.05) is 53.0 Å². The fourth-order valence-electron chi connectivity index (χ4n) is 7.78. The summed E-state index contributed by atoms with van der Waals surface area (Å²) in [5.41, 5.74) is 2.16. The summed E-state index contributed by atoms with van der Waals surface area (Å²) in [7, 11) is -10.5. The minimum atomic E-state index is -3.55. The summed E-state index contributed by atoms with van der Waals surface area (Å²) in [4.78, 5) is 64.6. The number of sulfonamides is 3. The van der Waals surface area contributed by atoms with E-state index in [1.54, 1.807) is 25.3 Å². The van der Waals surface area contributed by atoms with E-state index < -0.39 is 86.9 Å². The van der Waals surface area contributed by atoms with E-state index in [2.05, 4.69) is 60.7 Å². The number of carbonyl (C=O) groups is 4. The third kappa shape index (κ3) is 20.7. The maximum Gasteiger partial charge on any atom is 0.255 e. The number of rotatable bonds is 20. The highest BCUT2D eigenvalue weighted by Crippen LogP contribution is 2.43. The number of amides is 4. The second-order valence-electron chi connectivity index (χ2n) is 21.3. The Balaban J connectivity index is 0.000000161. The Kier molecular flexibility index (Phi) is 23.2. The highest BCUT2D eigenvalue weighted by Gasteiger charge is 2.50. The van der Waals surface area contributed by atoms with E-state index in [4.69, 9.17) is 34.8 Å². The van der Waals surface area contributed by atoms with Gasteiger partial charge < -0.3 is 26.6 Å². The van der Waals surface area contributed by atoms with Gasteiger partial charge in [-0.3, -0.25) is 33.3 Å². The Morgan fingerprint density at radius 2 is 0.809 bits per heavy atom. The van der Waals surface area contributed by atoms with E-state index in [-0.39, 0.29) is 66.6 Å². The molecule has 3 aliphatic carbocycles. The van der Waals surface area contributed by atoms with Crippen LogP contribution >= 0.6 is 34.8 Å². The third-order valence-electron chi connectivity index (χ3n) is 13.8. The van der Waals surface area contributed by atoms with E-state index in [1.807, 2.05) is 0 Å². The van der Waals surface area contributed by atoms with Crippen molar-refractivity contribution in [3.63, 3.8) is 0 Å². The lowest BCUT2D eigenvalue weighted by Gasteiger charge is -2.13. The topological polar surface area (TPSA) is 318 Å². The van der Waals surface area contributed by atoms with E-state index in [1.165, 1.54) is 123 Å². The molecule has 0 aliphatic heterocycles. The lowest BCUT2D eigenvalue weighted by atomic mass is 10.2. The molecule has 22 nitrogen and oxygen atoms in total. The third-order valence-corrected chi connectivity index (χ3v) is 19.9. The zero-order valence-corrected chi connectivity index (χ0v) is 54.0. The van der Waals surface area contributed by atoms with E-state index in [0.717, 1.165) is 36.7 Å². The molecular formula is C61H56Cl3F5N12O10S3. The molecule has 0 saturated heterocycles. The Labute approximate surface area is 551 Å². The maximum atomic E-state index is 13.2. The molecule has 11 rings (SSSR count). The molecule has 4 heterocycles. The van der Waals surface area contributed by atoms with Gasteiger partial charge >= 0.3 is 0 Å². The number of hydrogen-bond acceptors (Lipinski definition) is 15. The van der Waals surface area contributed by atoms with Gasteiger partial charge in [-0.25, -0.2) is 67.1 Å². The van der Waals surface area contributed by atoms with E-state index >= 15 is 0 Å². The fourth-order valence-corrected chi connectivity index (χ4v) is 11.5. The number of pyridine rings is 4. The van der Waals surface area contributed by atoms with Gasteiger partial charge in [0, 0.05) is 82.4 Å². The predicted octanol–water partition coefficient (Wildman–Crippen LogP) is 12.8. The van der Waals surface area contributed by atoms with Crippen LogP contribution in [0.15, 0.2) is 146 Å². The summed E-state index contributed by atoms with van der Waals surface area (Å²) in [5.74, 6) is -4.28. The molecule has 0 atom stereocenters. The van der Waals surface area contributed by atoms with Crippen LogP contribution in [-0.4, -0.2) is 91.1 Å². The summed E-state index contributed by atoms with van der Waals surface area (Å²) in [6.07, 6.45) is 10.4. The van der Waals surface area contributed by atoms with Crippen LogP contribution in [0.2, 0.25) is 15.1 Å². The normalized spacial score (nSPS) is 13.7. The summed E-state index contributed by atoms with van der Waals surface area (Å²) in [5, 5.41) is 12.7. The predicted molar refractivity (Wildman–Crippen MR) is 349 cm³/mol. The first-order chi connectivity index (χ1) is 44.5. The van der Waals surface area contributed by atoms with Crippen molar-refractivity contribution in [2.24, 2.45) is 5.92 Å². The highest BCUT2D eigenvalue weighted by atomic mass is 35.5. The highest BCUT2D eigenvalue weighted by molar-refractivity contribution is 7.94. The van der Waals surface area contributed by atoms with Gasteiger partial charge in [0.15, 0.2) is 11.6 Å². The first-order valence-corrected chi connectivity index (χ1v) is 34.0. The Hall–Kier alpha value is -9.07.